The molecule has 0 aromatic heterocycles. The van der Waals surface area contributed by atoms with Gasteiger partial charge in [-0.1, -0.05) is 19.9 Å². The van der Waals surface area contributed by atoms with Gasteiger partial charge in [0, 0.05) is 6.92 Å². The molecule has 3 saturated carbocycles. The summed E-state index contributed by atoms with van der Waals surface area (Å²) in [4.78, 5) is 23.7. The first-order valence-electron chi connectivity index (χ1n) is 10.6. The summed E-state index contributed by atoms with van der Waals surface area (Å²) in [5.41, 5.74) is 1.50. The number of carbonyl (C=O) groups excluding carboxylic acids is 2. The monoisotopic (exact) mass is 358 g/mol. The van der Waals surface area contributed by atoms with Crippen LogP contribution in [0.15, 0.2) is 11.6 Å². The molecule has 144 valence electrons. The van der Waals surface area contributed by atoms with Crippen LogP contribution in [0, 0.1) is 34.5 Å². The SMILES string of the molecule is CC(=O)OC1CC[C@@H]2CC[C@@H]3[C@H](CC[C@]4(C)C(C(C)=O)=CC[C@@H]34)[C@@]2(C)C1. The highest BCUT2D eigenvalue weighted by Gasteiger charge is 2.59. The third kappa shape index (κ3) is 2.60. The van der Waals surface area contributed by atoms with E-state index in [-0.39, 0.29) is 23.3 Å². The van der Waals surface area contributed by atoms with Crippen LogP contribution in [0.2, 0.25) is 0 Å². The summed E-state index contributed by atoms with van der Waals surface area (Å²) < 4.78 is 5.65. The van der Waals surface area contributed by atoms with E-state index in [4.69, 9.17) is 4.74 Å². The van der Waals surface area contributed by atoms with Crippen LogP contribution < -0.4 is 0 Å². The van der Waals surface area contributed by atoms with Gasteiger partial charge in [0.25, 0.3) is 0 Å². The summed E-state index contributed by atoms with van der Waals surface area (Å²) in [5, 5.41) is 0. The second-order valence-electron chi connectivity index (χ2n) is 10.0. The first-order valence-corrected chi connectivity index (χ1v) is 10.6. The number of esters is 1. The standard InChI is InChI=1S/C23H34O3/c1-14(24)19-9-10-20-18-8-6-16-5-7-17(26-15(2)25)13-23(16,4)21(18)11-12-22(19,20)3/h9,16-18,20-21H,5-8,10-13H2,1-4H3/t16-,17?,18+,20+,21+,22-,23+/m1/s1. The molecule has 0 amide bonds. The predicted molar refractivity (Wildman–Crippen MR) is 101 cm³/mol. The normalized spacial score (nSPS) is 47.2. The highest BCUT2D eigenvalue weighted by Crippen LogP contribution is 2.66. The van der Waals surface area contributed by atoms with Crippen molar-refractivity contribution >= 4 is 11.8 Å². The molecule has 0 aromatic carbocycles. The molecule has 0 aliphatic heterocycles. The van der Waals surface area contributed by atoms with E-state index >= 15 is 0 Å². The van der Waals surface area contributed by atoms with Gasteiger partial charge in [-0.3, -0.25) is 9.59 Å². The minimum Gasteiger partial charge on any atom is -0.463 e. The molecule has 0 saturated heterocycles. The lowest BCUT2D eigenvalue weighted by Gasteiger charge is -2.60. The Bertz CT molecular complexity index is 650. The highest BCUT2D eigenvalue weighted by atomic mass is 16.5. The molecule has 0 bridgehead atoms. The largest absolute Gasteiger partial charge is 0.463 e. The van der Waals surface area contributed by atoms with E-state index in [1.165, 1.54) is 32.6 Å². The van der Waals surface area contributed by atoms with Crippen LogP contribution in [0.1, 0.15) is 79.1 Å². The Morgan fingerprint density at radius 1 is 1.04 bits per heavy atom. The third-order valence-electron chi connectivity index (χ3n) is 8.86. The van der Waals surface area contributed by atoms with Crippen molar-refractivity contribution in [3.05, 3.63) is 11.6 Å². The molecule has 0 spiro atoms. The molecule has 3 nitrogen and oxygen atoms in total. The van der Waals surface area contributed by atoms with E-state index in [9.17, 15) is 9.59 Å². The van der Waals surface area contributed by atoms with Crippen LogP contribution in [0.3, 0.4) is 0 Å². The van der Waals surface area contributed by atoms with Crippen LogP contribution in [0.4, 0.5) is 0 Å². The van der Waals surface area contributed by atoms with Crippen LogP contribution in [-0.4, -0.2) is 17.9 Å². The Morgan fingerprint density at radius 3 is 2.46 bits per heavy atom. The van der Waals surface area contributed by atoms with Crippen LogP contribution in [0.5, 0.6) is 0 Å². The quantitative estimate of drug-likeness (QED) is 0.646. The number of allylic oxidation sites excluding steroid dienone is 2. The number of ketones is 1. The van der Waals surface area contributed by atoms with Gasteiger partial charge in [-0.2, -0.15) is 0 Å². The molecule has 0 N–H and O–H groups in total. The van der Waals surface area contributed by atoms with E-state index in [1.807, 2.05) is 0 Å². The molecule has 0 heterocycles. The second-order valence-corrected chi connectivity index (χ2v) is 10.0. The minimum atomic E-state index is -0.133. The summed E-state index contributed by atoms with van der Waals surface area (Å²) in [6.45, 7) is 8.12. The van der Waals surface area contributed by atoms with Gasteiger partial charge in [0.05, 0.1) is 0 Å². The van der Waals surface area contributed by atoms with E-state index in [2.05, 4.69) is 19.9 Å². The summed E-state index contributed by atoms with van der Waals surface area (Å²) in [6.07, 6.45) is 11.7. The average molecular weight is 359 g/mol. The Hall–Kier alpha value is -1.12. The molecular weight excluding hydrogens is 324 g/mol. The van der Waals surface area contributed by atoms with Crippen molar-refractivity contribution in [2.45, 2.75) is 85.2 Å². The van der Waals surface area contributed by atoms with Gasteiger partial charge in [-0.25, -0.2) is 0 Å². The lowest BCUT2D eigenvalue weighted by Crippen LogP contribution is -2.54. The Balaban J connectivity index is 1.59. The topological polar surface area (TPSA) is 43.4 Å². The number of hydrogen-bond donors (Lipinski definition) is 0. The van der Waals surface area contributed by atoms with E-state index in [0.29, 0.717) is 11.3 Å². The summed E-state index contributed by atoms with van der Waals surface area (Å²) >= 11 is 0. The first kappa shape index (κ1) is 18.3. The highest BCUT2D eigenvalue weighted by molar-refractivity contribution is 5.95. The van der Waals surface area contributed by atoms with Crippen LogP contribution in [-0.2, 0) is 14.3 Å². The summed E-state index contributed by atoms with van der Waals surface area (Å²) in [5.74, 6) is 3.00. The van der Waals surface area contributed by atoms with Crippen molar-refractivity contribution in [2.24, 2.45) is 34.5 Å². The summed E-state index contributed by atoms with van der Waals surface area (Å²) in [7, 11) is 0. The van der Waals surface area contributed by atoms with E-state index < -0.39 is 0 Å². The molecular formula is C23H34O3. The molecule has 4 rings (SSSR count). The van der Waals surface area contributed by atoms with Gasteiger partial charge < -0.3 is 4.74 Å². The molecule has 0 aromatic rings. The lowest BCUT2D eigenvalue weighted by molar-refractivity contribution is -0.161. The van der Waals surface area contributed by atoms with E-state index in [0.717, 1.165) is 49.0 Å². The fourth-order valence-corrected chi connectivity index (χ4v) is 7.76. The number of Topliss-reactive ketones (excluding diaryl/α,β-unsaturated/α-hetero) is 1. The molecule has 26 heavy (non-hydrogen) atoms. The van der Waals surface area contributed by atoms with Gasteiger partial charge in [-0.15, -0.1) is 0 Å². The van der Waals surface area contributed by atoms with Gasteiger partial charge in [-0.05, 0) is 98.4 Å². The van der Waals surface area contributed by atoms with E-state index in [1.54, 1.807) is 6.92 Å². The maximum absolute atomic E-state index is 12.2. The maximum Gasteiger partial charge on any atom is 0.302 e. The third-order valence-corrected chi connectivity index (χ3v) is 8.86. The van der Waals surface area contributed by atoms with Gasteiger partial charge in [0.2, 0.25) is 0 Å². The number of ether oxygens (including phenoxy) is 1. The molecule has 1 unspecified atom stereocenters. The van der Waals surface area contributed by atoms with Crippen molar-refractivity contribution in [3.63, 3.8) is 0 Å². The first-order chi connectivity index (χ1) is 12.3. The minimum absolute atomic E-state index is 0.0974. The zero-order valence-corrected chi connectivity index (χ0v) is 16.8. The number of carbonyl (C=O) groups is 2. The van der Waals surface area contributed by atoms with Gasteiger partial charge in [0.1, 0.15) is 6.10 Å². The van der Waals surface area contributed by atoms with Crippen molar-refractivity contribution < 1.29 is 14.3 Å². The number of rotatable bonds is 2. The fraction of sp³-hybridized carbons (Fsp3) is 0.826. The van der Waals surface area contributed by atoms with Crippen molar-refractivity contribution in [1.29, 1.82) is 0 Å². The van der Waals surface area contributed by atoms with Crippen LogP contribution >= 0.6 is 0 Å². The molecule has 7 atom stereocenters. The summed E-state index contributed by atoms with van der Waals surface area (Å²) in [6, 6.07) is 0. The van der Waals surface area contributed by atoms with Crippen LogP contribution in [0.25, 0.3) is 0 Å². The van der Waals surface area contributed by atoms with Gasteiger partial charge in [0.15, 0.2) is 5.78 Å². The van der Waals surface area contributed by atoms with Crippen molar-refractivity contribution in [2.75, 3.05) is 0 Å². The number of hydrogen-bond acceptors (Lipinski definition) is 3. The Kier molecular flexibility index (Phi) is 4.36. The molecule has 4 aliphatic rings. The average Bonchev–Trinajstić information content (AvgIpc) is 2.91. The maximum atomic E-state index is 12.2. The molecule has 3 fully saturated rings. The Morgan fingerprint density at radius 2 is 1.77 bits per heavy atom. The van der Waals surface area contributed by atoms with Gasteiger partial charge >= 0.3 is 5.97 Å². The number of fused-ring (bicyclic) bond motifs is 5. The Labute approximate surface area is 157 Å². The van der Waals surface area contributed by atoms with Crippen molar-refractivity contribution in [3.8, 4) is 0 Å². The zero-order chi connectivity index (χ0) is 18.7. The molecule has 3 heteroatoms. The van der Waals surface area contributed by atoms with Crippen molar-refractivity contribution in [1.82, 2.24) is 0 Å². The molecule has 4 aliphatic carbocycles. The second kappa shape index (κ2) is 6.21. The molecule has 0 radical (unpaired) electrons. The lowest BCUT2D eigenvalue weighted by atomic mass is 9.44. The predicted octanol–water partition coefficient (Wildman–Crippen LogP) is 5.09. The zero-order valence-electron chi connectivity index (χ0n) is 16.8. The smallest absolute Gasteiger partial charge is 0.302 e. The fourth-order valence-electron chi connectivity index (χ4n) is 7.76.